The number of benzene rings is 1. The molecule has 2 aliphatic heterocycles. The van der Waals surface area contributed by atoms with E-state index in [2.05, 4.69) is 4.99 Å². The minimum absolute atomic E-state index is 0.135. The molecule has 1 amide bonds. The maximum Gasteiger partial charge on any atom is 0.416 e. The first-order chi connectivity index (χ1) is 16.6. The molecule has 1 aromatic heterocycles. The summed E-state index contributed by atoms with van der Waals surface area (Å²) in [6.07, 6.45) is -4.50. The molecule has 1 atom stereocenters. The molecule has 35 heavy (non-hydrogen) atoms. The van der Waals surface area contributed by atoms with E-state index < -0.39 is 17.8 Å². The quantitative estimate of drug-likeness (QED) is 0.603. The molecule has 0 saturated heterocycles. The molecule has 182 valence electrons. The van der Waals surface area contributed by atoms with Crippen molar-refractivity contribution in [2.75, 3.05) is 13.1 Å². The Labute approximate surface area is 204 Å². The third kappa shape index (κ3) is 4.30. The van der Waals surface area contributed by atoms with Crippen LogP contribution in [0, 0.1) is 11.3 Å². The Morgan fingerprint density at radius 3 is 2.63 bits per heavy atom. The number of hydrogen-bond acceptors (Lipinski definition) is 7. The van der Waals surface area contributed by atoms with E-state index in [1.54, 1.807) is 28.9 Å². The molecule has 4 rings (SSSR count). The number of hydrogen-bond donors (Lipinski definition) is 1. The van der Waals surface area contributed by atoms with E-state index in [9.17, 15) is 23.2 Å². The number of furan rings is 1. The van der Waals surface area contributed by atoms with Crippen molar-refractivity contribution in [1.29, 1.82) is 5.26 Å². The van der Waals surface area contributed by atoms with Gasteiger partial charge in [-0.15, -0.1) is 0 Å². The van der Waals surface area contributed by atoms with Gasteiger partial charge in [0.2, 0.25) is 0 Å². The van der Waals surface area contributed by atoms with Crippen LogP contribution in [0.2, 0.25) is 0 Å². The Balaban J connectivity index is 1.84. The highest BCUT2D eigenvalue weighted by Gasteiger charge is 2.44. The first-order valence-electron chi connectivity index (χ1n) is 10.8. The van der Waals surface area contributed by atoms with Gasteiger partial charge < -0.3 is 15.1 Å². The zero-order chi connectivity index (χ0) is 25.5. The number of alkyl halides is 3. The summed E-state index contributed by atoms with van der Waals surface area (Å²) in [5.41, 5.74) is 6.50. The summed E-state index contributed by atoms with van der Waals surface area (Å²) in [5, 5.41) is 9.92. The normalized spacial score (nSPS) is 17.9. The molecular formula is C24H22F3N5O2S. The van der Waals surface area contributed by atoms with Crippen molar-refractivity contribution in [2.24, 2.45) is 10.7 Å². The number of aliphatic imine (C=N–C) groups is 1. The lowest BCUT2D eigenvalue weighted by Gasteiger charge is -2.35. The van der Waals surface area contributed by atoms with Gasteiger partial charge in [-0.25, -0.2) is 4.99 Å². The number of allylic oxidation sites excluding steroid dienone is 2. The second kappa shape index (κ2) is 9.19. The zero-order valence-electron chi connectivity index (χ0n) is 19.2. The Morgan fingerprint density at radius 1 is 1.29 bits per heavy atom. The Hall–Kier alpha value is -3.65. The minimum atomic E-state index is -4.50. The van der Waals surface area contributed by atoms with Gasteiger partial charge in [-0.2, -0.15) is 18.4 Å². The third-order valence-electron chi connectivity index (χ3n) is 5.83. The second-order valence-corrected chi connectivity index (χ2v) is 8.83. The molecule has 1 aromatic carbocycles. The van der Waals surface area contributed by atoms with Gasteiger partial charge in [0.25, 0.3) is 5.91 Å². The molecule has 7 nitrogen and oxygen atoms in total. The lowest BCUT2D eigenvalue weighted by atomic mass is 9.98. The van der Waals surface area contributed by atoms with Gasteiger partial charge in [-0.05, 0) is 56.8 Å². The van der Waals surface area contributed by atoms with E-state index in [1.807, 2.05) is 19.9 Å². The lowest BCUT2D eigenvalue weighted by Crippen LogP contribution is -2.42. The number of nitrogens with zero attached hydrogens (tertiary/aromatic N) is 4. The monoisotopic (exact) mass is 501 g/mol. The average Bonchev–Trinajstić information content (AvgIpc) is 3.43. The molecule has 2 N–H and O–H groups in total. The fourth-order valence-electron chi connectivity index (χ4n) is 4.07. The number of carbonyl (C=O) groups is 1. The van der Waals surface area contributed by atoms with Crippen LogP contribution >= 0.6 is 11.8 Å². The van der Waals surface area contributed by atoms with Crippen molar-refractivity contribution in [1.82, 2.24) is 9.80 Å². The van der Waals surface area contributed by atoms with Gasteiger partial charge in [0.15, 0.2) is 5.17 Å². The molecule has 0 aliphatic carbocycles. The number of halogens is 3. The molecule has 0 bridgehead atoms. The van der Waals surface area contributed by atoms with Crippen molar-refractivity contribution < 1.29 is 22.4 Å². The predicted octanol–water partition coefficient (Wildman–Crippen LogP) is 5.22. The summed E-state index contributed by atoms with van der Waals surface area (Å²) in [6.45, 7) is 6.34. The van der Waals surface area contributed by atoms with Crippen LogP contribution in [0.1, 0.15) is 38.1 Å². The lowest BCUT2D eigenvalue weighted by molar-refractivity contribution is -0.137. The van der Waals surface area contributed by atoms with Crippen molar-refractivity contribution in [2.45, 2.75) is 33.0 Å². The van der Waals surface area contributed by atoms with Gasteiger partial charge >= 0.3 is 6.18 Å². The van der Waals surface area contributed by atoms with Crippen molar-refractivity contribution >= 4 is 22.8 Å². The summed E-state index contributed by atoms with van der Waals surface area (Å²) >= 11 is 1.09. The summed E-state index contributed by atoms with van der Waals surface area (Å²) in [7, 11) is 0. The van der Waals surface area contributed by atoms with Crippen molar-refractivity contribution in [3.05, 3.63) is 69.7 Å². The second-order valence-electron chi connectivity index (χ2n) is 7.85. The highest BCUT2D eigenvalue weighted by atomic mass is 32.2. The van der Waals surface area contributed by atoms with Gasteiger partial charge in [0.05, 0.1) is 16.8 Å². The van der Waals surface area contributed by atoms with Crippen LogP contribution in [0.15, 0.2) is 67.8 Å². The molecule has 3 heterocycles. The summed E-state index contributed by atoms with van der Waals surface area (Å²) in [4.78, 5) is 21.5. The Morgan fingerprint density at radius 2 is 2.00 bits per heavy atom. The Bertz CT molecular complexity index is 1310. The van der Waals surface area contributed by atoms with Crippen LogP contribution in [-0.4, -0.2) is 34.0 Å². The first kappa shape index (κ1) is 24.5. The molecule has 0 fully saturated rings. The molecule has 0 unspecified atom stereocenters. The highest BCUT2D eigenvalue weighted by Crippen LogP contribution is 2.46. The number of carbonyl (C=O) groups excluding carboxylic acids is 1. The molecular weight excluding hydrogens is 479 g/mol. The molecule has 2 aliphatic rings. The van der Waals surface area contributed by atoms with Gasteiger partial charge in [0, 0.05) is 18.7 Å². The summed E-state index contributed by atoms with van der Waals surface area (Å²) in [6, 6.07) is 9.18. The smallest absolute Gasteiger partial charge is 0.416 e. The number of nitrogens with two attached hydrogens (primary N) is 1. The van der Waals surface area contributed by atoms with Crippen molar-refractivity contribution in [3.8, 4) is 17.4 Å². The van der Waals surface area contributed by atoms with Gasteiger partial charge in [-0.1, -0.05) is 12.1 Å². The van der Waals surface area contributed by atoms with Gasteiger partial charge in [0.1, 0.15) is 34.4 Å². The summed E-state index contributed by atoms with van der Waals surface area (Å²) in [5.74, 6) is 0.371. The molecule has 11 heteroatoms. The molecule has 0 spiro atoms. The van der Waals surface area contributed by atoms with E-state index in [4.69, 9.17) is 10.2 Å². The predicted molar refractivity (Wildman–Crippen MR) is 126 cm³/mol. The number of thioether (sulfide) groups is 1. The largest absolute Gasteiger partial charge is 0.458 e. The van der Waals surface area contributed by atoms with E-state index >= 15 is 0 Å². The van der Waals surface area contributed by atoms with Crippen LogP contribution in [0.4, 0.5) is 13.2 Å². The van der Waals surface area contributed by atoms with E-state index in [-0.39, 0.29) is 28.0 Å². The Kier molecular flexibility index (Phi) is 6.42. The van der Waals surface area contributed by atoms with E-state index in [1.165, 1.54) is 12.1 Å². The van der Waals surface area contributed by atoms with Crippen LogP contribution in [0.3, 0.4) is 0 Å². The minimum Gasteiger partial charge on any atom is -0.458 e. The molecule has 2 aromatic rings. The molecule has 0 radical (unpaired) electrons. The summed E-state index contributed by atoms with van der Waals surface area (Å²) < 4.78 is 45.7. The maximum atomic E-state index is 13.5. The molecule has 0 saturated carbocycles. The number of amidine groups is 1. The fraction of sp³-hybridized carbons (Fsp3) is 0.292. The van der Waals surface area contributed by atoms with Crippen LogP contribution in [0.5, 0.6) is 0 Å². The third-order valence-corrected chi connectivity index (χ3v) is 6.80. The van der Waals surface area contributed by atoms with Crippen LogP contribution in [0.25, 0.3) is 11.3 Å². The number of fused-ring (bicyclic) bond motifs is 1. The number of nitriles is 1. The fourth-order valence-corrected chi connectivity index (χ4v) is 4.98. The zero-order valence-corrected chi connectivity index (χ0v) is 20.0. The highest BCUT2D eigenvalue weighted by molar-refractivity contribution is 8.17. The van der Waals surface area contributed by atoms with Crippen LogP contribution < -0.4 is 5.73 Å². The van der Waals surface area contributed by atoms with E-state index in [0.717, 1.165) is 23.9 Å². The SMILES string of the molecule is CCN(CC)C(=O)C1=C(C)N=C2SC(C#N)=C(N)N2[C@@H]1c1ccc(-c2cccc(C(F)(F)F)c2)o1. The number of likely N-dealkylation sites (N-methyl/N-ethyl adjacent to an activating group) is 1. The maximum absolute atomic E-state index is 13.5. The first-order valence-corrected chi connectivity index (χ1v) is 11.6. The van der Waals surface area contributed by atoms with Gasteiger partial charge in [-0.3, -0.25) is 9.69 Å². The van der Waals surface area contributed by atoms with E-state index in [0.29, 0.717) is 35.3 Å². The standard InChI is InChI=1S/C24H22F3N5O2S/c1-4-31(5-2)22(33)19-13(3)30-23-32(21(29)18(12-28)35-23)20(19)17-10-9-16(34-17)14-7-6-8-15(11-14)24(25,26)27/h6-11,20H,4-5,29H2,1-3H3/t20-/m1/s1. The van der Waals surface area contributed by atoms with Crippen molar-refractivity contribution in [3.63, 3.8) is 0 Å². The number of amides is 1. The topological polar surface area (TPSA) is 98.9 Å². The van der Waals surface area contributed by atoms with Crippen LogP contribution in [-0.2, 0) is 11.0 Å². The number of rotatable bonds is 5. The average molecular weight is 502 g/mol.